The third-order valence-corrected chi connectivity index (χ3v) is 5.97. The fraction of sp³-hybridized carbons (Fsp3) is 0.417. The molecule has 0 saturated carbocycles. The van der Waals surface area contributed by atoms with Crippen molar-refractivity contribution in [2.45, 2.75) is 43.4 Å². The molecular weight excluding hydrogens is 465 g/mol. The molecule has 0 aromatic heterocycles. The zero-order chi connectivity index (χ0) is 20.4. The summed E-state index contributed by atoms with van der Waals surface area (Å²) in [5, 5.41) is 0. The summed E-state index contributed by atoms with van der Waals surface area (Å²) >= 11 is 0. The maximum absolute atomic E-state index is 14.0. The van der Waals surface area contributed by atoms with E-state index in [9.17, 15) is 8.78 Å². The molecule has 2 aliphatic heterocycles. The second kappa shape index (κ2) is 9.92. The van der Waals surface area contributed by atoms with Crippen molar-refractivity contribution < 1.29 is 40.6 Å². The molecule has 2 aromatic rings. The van der Waals surface area contributed by atoms with Crippen LogP contribution in [0, 0.1) is 25.5 Å². The number of hydrogen-bond donors (Lipinski definition) is 0. The van der Waals surface area contributed by atoms with Crippen LogP contribution < -0.4 is 4.74 Å². The molecule has 0 N–H and O–H groups in total. The number of nitrogens with zero attached hydrogens (tertiary/aromatic N) is 1. The number of rotatable bonds is 5. The number of halogens is 2. The van der Waals surface area contributed by atoms with Gasteiger partial charge in [0.2, 0.25) is 0 Å². The fourth-order valence-electron chi connectivity index (χ4n) is 4.35. The maximum Gasteiger partial charge on any atom is 2.00 e. The summed E-state index contributed by atoms with van der Waals surface area (Å²) in [7, 11) is 0. The van der Waals surface area contributed by atoms with Gasteiger partial charge in [0, 0.05) is 17.7 Å². The molecule has 3 nitrogen and oxygen atoms in total. The second-order valence-corrected chi connectivity index (χ2v) is 8.24. The molecule has 0 amide bonds. The molecular formula is C24H27F2NNbO2. The molecule has 0 spiro atoms. The van der Waals surface area contributed by atoms with Gasteiger partial charge in [-0.1, -0.05) is 36.8 Å². The van der Waals surface area contributed by atoms with E-state index < -0.39 is 17.2 Å². The van der Waals surface area contributed by atoms with Gasteiger partial charge < -0.3 is 23.3 Å². The molecule has 0 aliphatic carbocycles. The Kier molecular flexibility index (Phi) is 7.75. The number of benzene rings is 2. The van der Waals surface area contributed by atoms with Crippen molar-refractivity contribution in [3.63, 3.8) is 0 Å². The van der Waals surface area contributed by atoms with E-state index in [0.717, 1.165) is 43.5 Å². The number of hydrogen-bond acceptors (Lipinski definition) is 3. The number of likely N-dealkylation sites (tertiary alicyclic amines) is 1. The van der Waals surface area contributed by atoms with Crippen molar-refractivity contribution >= 4 is 0 Å². The van der Waals surface area contributed by atoms with E-state index in [0.29, 0.717) is 25.0 Å². The van der Waals surface area contributed by atoms with E-state index in [-0.39, 0.29) is 28.3 Å². The minimum Gasteiger partial charge on any atom is -0.489 e. The first-order valence-electron chi connectivity index (χ1n) is 10.2. The van der Waals surface area contributed by atoms with Crippen LogP contribution in [0.3, 0.4) is 0 Å². The summed E-state index contributed by atoms with van der Waals surface area (Å²) < 4.78 is 39.5. The van der Waals surface area contributed by atoms with Crippen molar-refractivity contribution in [2.24, 2.45) is 0 Å². The Bertz CT molecular complexity index is 839. The van der Waals surface area contributed by atoms with Gasteiger partial charge in [-0.25, -0.2) is 8.78 Å². The van der Waals surface area contributed by atoms with Crippen LogP contribution in [0.5, 0.6) is 5.75 Å². The quantitative estimate of drug-likeness (QED) is 0.437. The first-order chi connectivity index (χ1) is 13.9. The predicted molar refractivity (Wildman–Crippen MR) is 108 cm³/mol. The molecule has 1 atom stereocenters. The Labute approximate surface area is 193 Å². The summed E-state index contributed by atoms with van der Waals surface area (Å²) in [5.41, 5.74) is 1.19. The van der Waals surface area contributed by atoms with E-state index in [1.807, 2.05) is 30.3 Å². The second-order valence-electron chi connectivity index (χ2n) is 8.24. The van der Waals surface area contributed by atoms with Gasteiger partial charge in [0.05, 0.1) is 6.61 Å². The summed E-state index contributed by atoms with van der Waals surface area (Å²) in [5.74, 6) is -1.12. The van der Waals surface area contributed by atoms with Crippen molar-refractivity contribution in [3.05, 3.63) is 79.1 Å². The van der Waals surface area contributed by atoms with Gasteiger partial charge >= 0.3 is 22.4 Å². The Morgan fingerprint density at radius 2 is 1.73 bits per heavy atom. The summed E-state index contributed by atoms with van der Waals surface area (Å²) in [4.78, 5) is 2.40. The minimum absolute atomic E-state index is 0. The molecule has 1 radical (unpaired) electrons. The van der Waals surface area contributed by atoms with Crippen LogP contribution in [0.4, 0.5) is 8.78 Å². The molecule has 30 heavy (non-hydrogen) atoms. The van der Waals surface area contributed by atoms with Crippen LogP contribution in [0.1, 0.15) is 36.3 Å². The van der Waals surface area contributed by atoms with Crippen LogP contribution in [-0.4, -0.2) is 36.2 Å². The van der Waals surface area contributed by atoms with Crippen LogP contribution >= 0.6 is 0 Å². The smallest absolute Gasteiger partial charge is 0.489 e. The standard InChI is InChI=1S/C24H27F2NO2.Nb/c1-24(2)14-19(16-29-24)27-10-8-18(9-11-27)20-12-21(25)22(26)13-23(20)28-15-17-6-4-3-5-7-17;/h3-7,12-13,18-19H,1-2,8-11,14-16H2;/q-2;+2/t19-;/m0./s1. The van der Waals surface area contributed by atoms with Gasteiger partial charge in [-0.15, -0.1) is 0 Å². The van der Waals surface area contributed by atoms with Crippen molar-refractivity contribution in [2.75, 3.05) is 19.7 Å². The summed E-state index contributed by atoms with van der Waals surface area (Å²) in [6.07, 6.45) is 2.55. The van der Waals surface area contributed by atoms with Crippen LogP contribution in [0.2, 0.25) is 0 Å². The third-order valence-electron chi connectivity index (χ3n) is 5.97. The van der Waals surface area contributed by atoms with Gasteiger partial charge in [0.15, 0.2) is 11.6 Å². The molecule has 2 heterocycles. The zero-order valence-corrected chi connectivity index (χ0v) is 19.2. The SMILES string of the molecule is [CH2-]C1([CH2-])C[C@H](N2CCC(c3cc(F)c(F)cc3OCc3ccccc3)CC2)CO1.[Nb+2]. The minimum atomic E-state index is -0.875. The van der Waals surface area contributed by atoms with Gasteiger partial charge in [-0.2, -0.15) is 5.60 Å². The van der Waals surface area contributed by atoms with E-state index in [4.69, 9.17) is 9.47 Å². The van der Waals surface area contributed by atoms with Crippen molar-refractivity contribution in [3.8, 4) is 5.75 Å². The van der Waals surface area contributed by atoms with Gasteiger partial charge in [-0.3, -0.25) is 4.90 Å². The number of piperidine rings is 1. The van der Waals surface area contributed by atoms with E-state index in [1.54, 1.807) is 0 Å². The van der Waals surface area contributed by atoms with Crippen LogP contribution in [-0.2, 0) is 33.7 Å². The molecule has 4 rings (SSSR count). The largest absolute Gasteiger partial charge is 2.00 e. The van der Waals surface area contributed by atoms with Crippen molar-refractivity contribution in [1.29, 1.82) is 0 Å². The average Bonchev–Trinajstić information content (AvgIpc) is 3.09. The first kappa shape index (κ1) is 23.4. The van der Waals surface area contributed by atoms with Gasteiger partial charge in [0.1, 0.15) is 12.4 Å². The zero-order valence-electron chi connectivity index (χ0n) is 17.0. The van der Waals surface area contributed by atoms with E-state index in [1.165, 1.54) is 12.1 Å². The van der Waals surface area contributed by atoms with E-state index >= 15 is 0 Å². The van der Waals surface area contributed by atoms with Crippen LogP contribution in [0.25, 0.3) is 0 Å². The maximum atomic E-state index is 14.0. The fourth-order valence-corrected chi connectivity index (χ4v) is 4.35. The molecule has 2 fully saturated rings. The summed E-state index contributed by atoms with van der Waals surface area (Å²) in [6, 6.07) is 12.5. The molecule has 6 heteroatoms. The molecule has 2 aromatic carbocycles. The Morgan fingerprint density at radius 3 is 2.37 bits per heavy atom. The monoisotopic (exact) mass is 492 g/mol. The van der Waals surface area contributed by atoms with Gasteiger partial charge in [-0.05, 0) is 43.5 Å². The molecule has 2 saturated heterocycles. The third kappa shape index (κ3) is 5.51. The normalized spacial score (nSPS) is 21.9. The average molecular weight is 492 g/mol. The topological polar surface area (TPSA) is 21.7 Å². The van der Waals surface area contributed by atoms with Crippen LogP contribution in [0.15, 0.2) is 42.5 Å². The predicted octanol–water partition coefficient (Wildman–Crippen LogP) is 4.92. The van der Waals surface area contributed by atoms with Gasteiger partial charge in [0.25, 0.3) is 0 Å². The number of ether oxygens (including phenoxy) is 2. The van der Waals surface area contributed by atoms with Crippen molar-refractivity contribution in [1.82, 2.24) is 4.90 Å². The Morgan fingerprint density at radius 1 is 1.07 bits per heavy atom. The molecule has 0 bridgehead atoms. The molecule has 0 unspecified atom stereocenters. The van der Waals surface area contributed by atoms with E-state index in [2.05, 4.69) is 18.7 Å². The summed E-state index contributed by atoms with van der Waals surface area (Å²) in [6.45, 7) is 10.7. The Hall–Kier alpha value is -1.24. The Balaban J connectivity index is 0.00000256. The first-order valence-corrected chi connectivity index (χ1v) is 10.2. The molecule has 159 valence electrons. The molecule has 2 aliphatic rings.